The molecule has 2 aliphatic heterocycles. The lowest BCUT2D eigenvalue weighted by molar-refractivity contribution is -0.135. The number of carbonyl (C=O) groups excluding carboxylic acids is 1. The highest BCUT2D eigenvalue weighted by molar-refractivity contribution is 5.79. The van der Waals surface area contributed by atoms with Crippen LogP contribution in [0.1, 0.15) is 31.2 Å². The number of oxazole rings is 1. The summed E-state index contributed by atoms with van der Waals surface area (Å²) in [6.45, 7) is 4.47. The van der Waals surface area contributed by atoms with E-state index in [1.54, 1.807) is 12.1 Å². The highest BCUT2D eigenvalue weighted by atomic mass is 16.5. The average molecular weight is 450 g/mol. The fourth-order valence-electron chi connectivity index (χ4n) is 4.96. The molecule has 2 saturated heterocycles. The summed E-state index contributed by atoms with van der Waals surface area (Å²) in [6.07, 6.45) is 4.32. The van der Waals surface area contributed by atoms with Crippen LogP contribution in [0.3, 0.4) is 0 Å². The maximum Gasteiger partial charge on any atom is 0.420 e. The number of carbonyl (C=O) groups is 1. The number of rotatable bonds is 6. The first-order valence-corrected chi connectivity index (χ1v) is 11.9. The van der Waals surface area contributed by atoms with Gasteiger partial charge in [-0.05, 0) is 43.4 Å². The summed E-state index contributed by atoms with van der Waals surface area (Å²) in [7, 11) is 0. The third-order valence-corrected chi connectivity index (χ3v) is 6.83. The van der Waals surface area contributed by atoms with Gasteiger partial charge in [-0.15, -0.1) is 0 Å². The normalized spacial score (nSPS) is 18.7. The van der Waals surface area contributed by atoms with Crippen molar-refractivity contribution in [1.29, 1.82) is 0 Å². The van der Waals surface area contributed by atoms with Crippen molar-refractivity contribution < 1.29 is 13.9 Å². The SMILES string of the molecule is O=C(Cn1c(=O)oc2ccccc21)N1CCC(OC2CCN(Cc3ccccc3)CC2)CC1. The van der Waals surface area contributed by atoms with Crippen molar-refractivity contribution in [3.8, 4) is 0 Å². The summed E-state index contributed by atoms with van der Waals surface area (Å²) in [5, 5.41) is 0. The van der Waals surface area contributed by atoms with E-state index in [1.165, 1.54) is 10.1 Å². The smallest absolute Gasteiger partial charge is 0.408 e. The molecule has 7 heteroatoms. The molecule has 174 valence electrons. The molecule has 0 aliphatic carbocycles. The number of nitrogens with zero attached hydrogens (tertiary/aromatic N) is 3. The van der Waals surface area contributed by atoms with Gasteiger partial charge in [-0.25, -0.2) is 4.79 Å². The first kappa shape index (κ1) is 21.9. The van der Waals surface area contributed by atoms with Gasteiger partial charge in [0.15, 0.2) is 5.58 Å². The van der Waals surface area contributed by atoms with Crippen LogP contribution < -0.4 is 5.76 Å². The maximum absolute atomic E-state index is 12.8. The molecule has 0 unspecified atom stereocenters. The topological polar surface area (TPSA) is 67.9 Å². The zero-order chi connectivity index (χ0) is 22.6. The zero-order valence-corrected chi connectivity index (χ0v) is 18.9. The number of para-hydroxylation sites is 2. The molecular weight excluding hydrogens is 418 g/mol. The van der Waals surface area contributed by atoms with Crippen LogP contribution in [-0.4, -0.2) is 58.7 Å². The molecule has 5 rings (SSSR count). The van der Waals surface area contributed by atoms with Crippen molar-refractivity contribution in [1.82, 2.24) is 14.4 Å². The Bertz CT molecular complexity index is 1120. The molecule has 0 spiro atoms. The Morgan fingerprint density at radius 3 is 2.24 bits per heavy atom. The molecule has 33 heavy (non-hydrogen) atoms. The molecule has 1 amide bonds. The predicted molar refractivity (Wildman–Crippen MR) is 126 cm³/mol. The van der Waals surface area contributed by atoms with E-state index in [4.69, 9.17) is 9.15 Å². The summed E-state index contributed by atoms with van der Waals surface area (Å²) in [4.78, 5) is 29.3. The Hall–Kier alpha value is -2.90. The second-order valence-corrected chi connectivity index (χ2v) is 9.10. The summed E-state index contributed by atoms with van der Waals surface area (Å²) in [5.74, 6) is -0.530. The van der Waals surface area contributed by atoms with Crippen LogP contribution >= 0.6 is 0 Å². The molecule has 1 aromatic heterocycles. The van der Waals surface area contributed by atoms with Gasteiger partial charge in [0.05, 0.1) is 17.7 Å². The van der Waals surface area contributed by atoms with Crippen molar-refractivity contribution in [2.24, 2.45) is 0 Å². The van der Waals surface area contributed by atoms with Gasteiger partial charge in [-0.3, -0.25) is 14.3 Å². The van der Waals surface area contributed by atoms with Crippen molar-refractivity contribution in [2.75, 3.05) is 26.2 Å². The molecular formula is C26H31N3O4. The van der Waals surface area contributed by atoms with E-state index >= 15 is 0 Å². The first-order chi connectivity index (χ1) is 16.2. The molecule has 0 saturated carbocycles. The number of fused-ring (bicyclic) bond motifs is 1. The Morgan fingerprint density at radius 1 is 0.879 bits per heavy atom. The standard InChI is InChI=1S/C26H31N3O4/c30-25(19-29-23-8-4-5-9-24(23)33-26(29)31)28-16-12-22(13-17-28)32-21-10-14-27(15-11-21)18-20-6-2-1-3-7-20/h1-9,21-22H,10-19H2. The van der Waals surface area contributed by atoms with Gasteiger partial charge in [0.1, 0.15) is 6.54 Å². The van der Waals surface area contributed by atoms with Gasteiger partial charge in [-0.1, -0.05) is 42.5 Å². The maximum atomic E-state index is 12.8. The molecule has 2 aliphatic rings. The minimum Gasteiger partial charge on any atom is -0.408 e. The van der Waals surface area contributed by atoms with E-state index in [1.807, 2.05) is 17.0 Å². The number of hydrogen-bond donors (Lipinski definition) is 0. The van der Waals surface area contributed by atoms with Crippen LogP contribution in [0.15, 0.2) is 63.8 Å². The first-order valence-electron chi connectivity index (χ1n) is 11.9. The molecule has 0 radical (unpaired) electrons. The number of aromatic nitrogens is 1. The third-order valence-electron chi connectivity index (χ3n) is 6.83. The molecule has 0 N–H and O–H groups in total. The highest BCUT2D eigenvalue weighted by Crippen LogP contribution is 2.22. The van der Waals surface area contributed by atoms with E-state index in [2.05, 4.69) is 35.2 Å². The predicted octanol–water partition coefficient (Wildman–Crippen LogP) is 3.27. The van der Waals surface area contributed by atoms with E-state index in [0.717, 1.165) is 45.3 Å². The van der Waals surface area contributed by atoms with Gasteiger partial charge in [0.2, 0.25) is 5.91 Å². The Labute approximate surface area is 193 Å². The second-order valence-electron chi connectivity index (χ2n) is 9.10. The van der Waals surface area contributed by atoms with E-state index in [9.17, 15) is 9.59 Å². The Balaban J connectivity index is 1.07. The van der Waals surface area contributed by atoms with Crippen LogP contribution in [0.2, 0.25) is 0 Å². The lowest BCUT2D eigenvalue weighted by Gasteiger charge is -2.37. The van der Waals surface area contributed by atoms with Crippen molar-refractivity contribution in [2.45, 2.75) is 51.0 Å². The van der Waals surface area contributed by atoms with Crippen molar-refractivity contribution >= 4 is 17.0 Å². The molecule has 7 nitrogen and oxygen atoms in total. The van der Waals surface area contributed by atoms with Crippen molar-refractivity contribution in [3.63, 3.8) is 0 Å². The Kier molecular flexibility index (Phi) is 6.60. The molecule has 2 aromatic carbocycles. The van der Waals surface area contributed by atoms with Crippen LogP contribution in [-0.2, 0) is 22.6 Å². The quantitative estimate of drug-likeness (QED) is 0.578. The number of piperidine rings is 2. The number of hydrogen-bond acceptors (Lipinski definition) is 5. The van der Waals surface area contributed by atoms with Gasteiger partial charge < -0.3 is 14.1 Å². The fourth-order valence-corrected chi connectivity index (χ4v) is 4.96. The summed E-state index contributed by atoms with van der Waals surface area (Å²) >= 11 is 0. The van der Waals surface area contributed by atoms with Crippen molar-refractivity contribution in [3.05, 3.63) is 70.7 Å². The van der Waals surface area contributed by atoms with Crippen LogP contribution in [0.5, 0.6) is 0 Å². The van der Waals surface area contributed by atoms with Gasteiger partial charge in [0.25, 0.3) is 0 Å². The molecule has 3 aromatic rings. The van der Waals surface area contributed by atoms with Crippen LogP contribution in [0.25, 0.3) is 11.1 Å². The molecule has 3 heterocycles. The minimum atomic E-state index is -0.485. The van der Waals surface area contributed by atoms with E-state index in [0.29, 0.717) is 30.3 Å². The lowest BCUT2D eigenvalue weighted by Crippen LogP contribution is -2.45. The number of amides is 1. The van der Waals surface area contributed by atoms with E-state index in [-0.39, 0.29) is 18.6 Å². The van der Waals surface area contributed by atoms with Gasteiger partial charge in [0, 0.05) is 32.7 Å². The zero-order valence-electron chi connectivity index (χ0n) is 18.9. The minimum absolute atomic E-state index is 0.0151. The van der Waals surface area contributed by atoms with E-state index < -0.39 is 5.76 Å². The third kappa shape index (κ3) is 5.20. The fraction of sp³-hybridized carbons (Fsp3) is 0.462. The summed E-state index contributed by atoms with van der Waals surface area (Å²) in [5.41, 5.74) is 2.53. The second kappa shape index (κ2) is 9.93. The summed E-state index contributed by atoms with van der Waals surface area (Å²) < 4.78 is 13.1. The molecule has 2 fully saturated rings. The molecule has 0 atom stereocenters. The number of ether oxygens (including phenoxy) is 1. The highest BCUT2D eigenvalue weighted by Gasteiger charge is 2.28. The van der Waals surface area contributed by atoms with Gasteiger partial charge >= 0.3 is 5.76 Å². The lowest BCUT2D eigenvalue weighted by atomic mass is 10.0. The number of likely N-dealkylation sites (tertiary alicyclic amines) is 2. The average Bonchev–Trinajstić information content (AvgIpc) is 3.16. The van der Waals surface area contributed by atoms with Crippen LogP contribution in [0.4, 0.5) is 0 Å². The van der Waals surface area contributed by atoms with Gasteiger partial charge in [-0.2, -0.15) is 0 Å². The van der Waals surface area contributed by atoms with Crippen LogP contribution in [0, 0.1) is 0 Å². The summed E-state index contributed by atoms with van der Waals surface area (Å²) in [6, 6.07) is 17.8. The monoisotopic (exact) mass is 449 g/mol. The number of benzene rings is 2. The Morgan fingerprint density at radius 2 is 1.52 bits per heavy atom. The molecule has 0 bridgehead atoms. The largest absolute Gasteiger partial charge is 0.420 e.